The van der Waals surface area contributed by atoms with E-state index >= 15 is 0 Å². The van der Waals surface area contributed by atoms with E-state index in [1.54, 1.807) is 30.5 Å². The van der Waals surface area contributed by atoms with Crippen LogP contribution in [0.1, 0.15) is 31.4 Å². The lowest BCUT2D eigenvalue weighted by molar-refractivity contribution is -0.274. The summed E-state index contributed by atoms with van der Waals surface area (Å²) < 4.78 is 41.0. The predicted molar refractivity (Wildman–Crippen MR) is 110 cm³/mol. The lowest BCUT2D eigenvalue weighted by atomic mass is 9.95. The molecule has 0 fully saturated rings. The van der Waals surface area contributed by atoms with Crippen molar-refractivity contribution in [3.8, 4) is 16.9 Å². The molecule has 0 radical (unpaired) electrons. The fraction of sp³-hybridized carbons (Fsp3) is 0.227. The molecule has 2 aromatic rings. The van der Waals surface area contributed by atoms with Gasteiger partial charge in [0.1, 0.15) is 5.75 Å². The Bertz CT molecular complexity index is 911. The van der Waals surface area contributed by atoms with Gasteiger partial charge in [0.05, 0.1) is 5.69 Å². The topological polar surface area (TPSA) is 47.6 Å². The number of hydrogen-bond donors (Lipinski definition) is 1. The smallest absolute Gasteiger partial charge is 0.406 e. The fourth-order valence-electron chi connectivity index (χ4n) is 2.68. The van der Waals surface area contributed by atoms with Crippen LogP contribution in [0.25, 0.3) is 17.2 Å². The average molecular weight is 388 g/mol. The maximum Gasteiger partial charge on any atom is 0.573 e. The van der Waals surface area contributed by atoms with Crippen LogP contribution >= 0.6 is 0 Å². The Hall–Kier alpha value is -3.02. The number of ether oxygens (including phenoxy) is 1. The highest BCUT2D eigenvalue weighted by atomic mass is 19.4. The maximum absolute atomic E-state index is 12.4. The van der Waals surface area contributed by atoms with Crippen LogP contribution < -0.4 is 10.5 Å². The van der Waals surface area contributed by atoms with E-state index in [1.165, 1.54) is 17.7 Å². The van der Waals surface area contributed by atoms with Gasteiger partial charge in [0.25, 0.3) is 0 Å². The second-order valence-electron chi connectivity index (χ2n) is 6.32. The Morgan fingerprint density at radius 3 is 2.43 bits per heavy atom. The van der Waals surface area contributed by atoms with E-state index in [2.05, 4.69) is 23.2 Å². The Balaban J connectivity index is 2.50. The molecule has 0 aliphatic carbocycles. The third-order valence-corrected chi connectivity index (χ3v) is 4.35. The van der Waals surface area contributed by atoms with E-state index in [9.17, 15) is 13.2 Å². The number of rotatable bonds is 6. The van der Waals surface area contributed by atoms with Crippen molar-refractivity contribution in [1.29, 1.82) is 0 Å². The summed E-state index contributed by atoms with van der Waals surface area (Å²) in [4.78, 5) is 4.55. The van der Waals surface area contributed by atoms with Crippen molar-refractivity contribution in [2.45, 2.75) is 33.6 Å². The van der Waals surface area contributed by atoms with Gasteiger partial charge < -0.3 is 10.5 Å². The van der Waals surface area contributed by atoms with Crippen LogP contribution in [0.5, 0.6) is 5.75 Å². The molecule has 0 amide bonds. The molecule has 2 rings (SSSR count). The second-order valence-corrected chi connectivity index (χ2v) is 6.32. The first kappa shape index (κ1) is 21.3. The number of alkyl halides is 3. The monoisotopic (exact) mass is 388 g/mol. The van der Waals surface area contributed by atoms with Crippen molar-refractivity contribution in [1.82, 2.24) is 0 Å². The summed E-state index contributed by atoms with van der Waals surface area (Å²) in [5.41, 5.74) is 11.6. The Labute approximate surface area is 163 Å². The number of hydrogen-bond acceptors (Lipinski definition) is 3. The van der Waals surface area contributed by atoms with Crippen LogP contribution in [-0.2, 0) is 0 Å². The summed E-state index contributed by atoms with van der Waals surface area (Å²) in [6, 6.07) is 7.44. The van der Waals surface area contributed by atoms with E-state index in [1.807, 2.05) is 19.9 Å². The molecule has 3 nitrogen and oxygen atoms in total. The van der Waals surface area contributed by atoms with Crippen molar-refractivity contribution >= 4 is 23.7 Å². The third kappa shape index (κ3) is 5.25. The number of aliphatic imine (C=N–C) groups is 1. The Morgan fingerprint density at radius 2 is 1.89 bits per heavy atom. The summed E-state index contributed by atoms with van der Waals surface area (Å²) in [7, 11) is 0. The largest absolute Gasteiger partial charge is 0.573 e. The minimum Gasteiger partial charge on any atom is -0.406 e. The lowest BCUT2D eigenvalue weighted by Crippen LogP contribution is -2.16. The number of allylic oxidation sites excluding steroid dienone is 2. The van der Waals surface area contributed by atoms with Crippen molar-refractivity contribution in [3.05, 3.63) is 59.7 Å². The van der Waals surface area contributed by atoms with E-state index in [0.717, 1.165) is 23.1 Å². The molecule has 0 unspecified atom stereocenters. The molecular formula is C22H23F3N2O. The molecule has 0 spiro atoms. The summed E-state index contributed by atoms with van der Waals surface area (Å²) >= 11 is 0. The van der Waals surface area contributed by atoms with E-state index in [-0.39, 0.29) is 5.75 Å². The van der Waals surface area contributed by atoms with Crippen LogP contribution in [0.4, 0.5) is 24.5 Å². The first-order valence-electron chi connectivity index (χ1n) is 8.77. The van der Waals surface area contributed by atoms with Gasteiger partial charge in [0.15, 0.2) is 0 Å². The zero-order chi connectivity index (χ0) is 20.9. The number of nitrogen functional groups attached to an aromatic ring is 1. The third-order valence-electron chi connectivity index (χ3n) is 4.35. The van der Waals surface area contributed by atoms with Crippen LogP contribution in [0, 0.1) is 6.92 Å². The quantitative estimate of drug-likeness (QED) is 0.435. The maximum atomic E-state index is 12.4. The van der Waals surface area contributed by atoms with Crippen LogP contribution in [0.3, 0.4) is 0 Å². The van der Waals surface area contributed by atoms with Gasteiger partial charge in [-0.05, 0) is 61.2 Å². The number of nitrogens with two attached hydrogens (primary N) is 1. The van der Waals surface area contributed by atoms with Crippen LogP contribution in [0.15, 0.2) is 53.6 Å². The molecule has 28 heavy (non-hydrogen) atoms. The highest BCUT2D eigenvalue weighted by molar-refractivity contribution is 5.88. The number of halogens is 3. The van der Waals surface area contributed by atoms with E-state index in [4.69, 9.17) is 5.73 Å². The molecule has 0 heterocycles. The molecule has 0 aromatic heterocycles. The SMILES string of the molecule is C=Cc1c(N)cc(-c2ccc(OC(F)(F)F)cc2)c(C)c1N=C/C=C(\C)CC. The van der Waals surface area contributed by atoms with Gasteiger partial charge >= 0.3 is 6.36 Å². The van der Waals surface area contributed by atoms with Gasteiger partial charge in [-0.3, -0.25) is 4.99 Å². The fourth-order valence-corrected chi connectivity index (χ4v) is 2.68. The Morgan fingerprint density at radius 1 is 1.25 bits per heavy atom. The molecular weight excluding hydrogens is 365 g/mol. The molecule has 2 aromatic carbocycles. The highest BCUT2D eigenvalue weighted by Crippen LogP contribution is 2.38. The van der Waals surface area contributed by atoms with Gasteiger partial charge in [-0.1, -0.05) is 37.3 Å². The second kappa shape index (κ2) is 8.78. The van der Waals surface area contributed by atoms with E-state index in [0.29, 0.717) is 16.9 Å². The van der Waals surface area contributed by atoms with Gasteiger partial charge in [0, 0.05) is 17.5 Å². The van der Waals surface area contributed by atoms with Gasteiger partial charge in [-0.25, -0.2) is 0 Å². The molecule has 0 saturated heterocycles. The molecule has 0 saturated carbocycles. The van der Waals surface area contributed by atoms with Crippen molar-refractivity contribution in [3.63, 3.8) is 0 Å². The number of nitrogens with zero attached hydrogens (tertiary/aromatic N) is 1. The van der Waals surface area contributed by atoms with Crippen molar-refractivity contribution in [2.75, 3.05) is 5.73 Å². The minimum atomic E-state index is -4.72. The first-order valence-corrected chi connectivity index (χ1v) is 8.77. The average Bonchev–Trinajstić information content (AvgIpc) is 2.63. The summed E-state index contributed by atoms with van der Waals surface area (Å²) in [6.07, 6.45) is 1.50. The van der Waals surface area contributed by atoms with Gasteiger partial charge in [-0.2, -0.15) is 0 Å². The summed E-state index contributed by atoms with van der Waals surface area (Å²) in [5.74, 6) is -0.275. The van der Waals surface area contributed by atoms with Crippen molar-refractivity contribution < 1.29 is 17.9 Å². The summed E-state index contributed by atoms with van der Waals surface area (Å²) in [6.45, 7) is 9.78. The normalized spacial score (nSPS) is 12.4. The molecule has 6 heteroatoms. The lowest BCUT2D eigenvalue weighted by Gasteiger charge is -2.15. The molecule has 0 aliphatic rings. The molecule has 2 N–H and O–H groups in total. The number of benzene rings is 2. The number of anilines is 1. The zero-order valence-electron chi connectivity index (χ0n) is 16.1. The molecule has 0 aliphatic heterocycles. The summed E-state index contributed by atoms with van der Waals surface area (Å²) in [5, 5.41) is 0. The predicted octanol–water partition coefficient (Wildman–Crippen LogP) is 6.84. The molecule has 148 valence electrons. The minimum absolute atomic E-state index is 0.275. The van der Waals surface area contributed by atoms with Crippen LogP contribution in [-0.4, -0.2) is 12.6 Å². The van der Waals surface area contributed by atoms with E-state index < -0.39 is 6.36 Å². The van der Waals surface area contributed by atoms with Crippen LogP contribution in [0.2, 0.25) is 0 Å². The molecule has 0 atom stereocenters. The Kier molecular flexibility index (Phi) is 6.67. The van der Waals surface area contributed by atoms with Crippen molar-refractivity contribution in [2.24, 2.45) is 4.99 Å². The zero-order valence-corrected chi connectivity index (χ0v) is 16.1. The van der Waals surface area contributed by atoms with Gasteiger partial charge in [0.2, 0.25) is 0 Å². The standard InChI is InChI=1S/C22H23F3N2O/c1-5-14(3)11-12-27-21-15(4)19(13-20(26)18(21)6-2)16-7-9-17(10-8-16)28-22(23,24)25/h6-13H,2,5,26H2,1,3-4H3/b14-11+,27-12?. The van der Waals surface area contributed by atoms with Gasteiger partial charge in [-0.15, -0.1) is 13.2 Å². The highest BCUT2D eigenvalue weighted by Gasteiger charge is 2.31. The molecule has 0 bridgehead atoms. The first-order chi connectivity index (χ1) is 13.2.